The molecule has 1 N–H and O–H groups in total. The number of carbonyl (C=O) groups is 1. The number of nitrogens with zero attached hydrogens (tertiary/aromatic N) is 1. The second kappa shape index (κ2) is 6.35. The second-order valence-corrected chi connectivity index (χ2v) is 7.08. The van der Waals surface area contributed by atoms with Gasteiger partial charge in [-0.15, -0.1) is 11.3 Å². The van der Waals surface area contributed by atoms with Crippen molar-refractivity contribution >= 4 is 33.4 Å². The highest BCUT2D eigenvalue weighted by atomic mass is 79.9. The number of nitrogens with one attached hydrogen (secondary N) is 1. The summed E-state index contributed by atoms with van der Waals surface area (Å²) >= 11 is 4.98. The van der Waals surface area contributed by atoms with Gasteiger partial charge in [-0.2, -0.15) is 0 Å². The van der Waals surface area contributed by atoms with E-state index in [1.54, 1.807) is 17.5 Å². The van der Waals surface area contributed by atoms with Crippen molar-refractivity contribution in [2.75, 3.05) is 6.54 Å². The summed E-state index contributed by atoms with van der Waals surface area (Å²) in [6.45, 7) is 6.14. The van der Waals surface area contributed by atoms with Crippen molar-refractivity contribution in [3.05, 3.63) is 15.0 Å². The second-order valence-electron chi connectivity index (χ2n) is 4.59. The minimum Gasteiger partial charge on any atom is -0.444 e. The standard InChI is InChI=1S/C11H17BrN2O2S/c1-11(2,3)16-10(15)13-6-4-5-9-14-7-8(12)17-9/h7H,4-6H2,1-3H3,(H,13,15). The van der Waals surface area contributed by atoms with Crippen LogP contribution in [-0.4, -0.2) is 23.2 Å². The van der Waals surface area contributed by atoms with E-state index < -0.39 is 5.60 Å². The van der Waals surface area contributed by atoms with Crippen LogP contribution < -0.4 is 5.32 Å². The normalized spacial score (nSPS) is 11.3. The van der Waals surface area contributed by atoms with Crippen LogP contribution in [0, 0.1) is 0 Å². The van der Waals surface area contributed by atoms with Crippen LogP contribution in [0.2, 0.25) is 0 Å². The van der Waals surface area contributed by atoms with Gasteiger partial charge in [0.2, 0.25) is 0 Å². The Morgan fingerprint density at radius 3 is 2.82 bits per heavy atom. The molecule has 0 radical (unpaired) electrons. The maximum atomic E-state index is 11.3. The van der Waals surface area contributed by atoms with E-state index in [0.717, 1.165) is 21.6 Å². The molecule has 0 aliphatic rings. The Labute approximate surface area is 114 Å². The summed E-state index contributed by atoms with van der Waals surface area (Å²) in [5, 5.41) is 3.79. The zero-order chi connectivity index (χ0) is 12.9. The third kappa shape index (κ3) is 6.63. The molecule has 4 nitrogen and oxygen atoms in total. The average molecular weight is 321 g/mol. The highest BCUT2D eigenvalue weighted by Gasteiger charge is 2.15. The fourth-order valence-electron chi connectivity index (χ4n) is 1.15. The molecule has 1 amide bonds. The van der Waals surface area contributed by atoms with Gasteiger partial charge in [-0.1, -0.05) is 0 Å². The van der Waals surface area contributed by atoms with Crippen LogP contribution in [0.1, 0.15) is 32.2 Å². The zero-order valence-electron chi connectivity index (χ0n) is 10.2. The molecular formula is C11H17BrN2O2S. The Kier molecular flexibility index (Phi) is 5.39. The molecule has 1 heterocycles. The van der Waals surface area contributed by atoms with Gasteiger partial charge in [0.25, 0.3) is 0 Å². The molecule has 1 aromatic rings. The lowest BCUT2D eigenvalue weighted by atomic mass is 10.2. The number of aromatic nitrogens is 1. The van der Waals surface area contributed by atoms with Gasteiger partial charge in [0.05, 0.1) is 15.0 Å². The topological polar surface area (TPSA) is 51.2 Å². The highest BCUT2D eigenvalue weighted by Crippen LogP contribution is 2.19. The van der Waals surface area contributed by atoms with Gasteiger partial charge in [-0.25, -0.2) is 9.78 Å². The Hall–Kier alpha value is -0.620. The summed E-state index contributed by atoms with van der Waals surface area (Å²) < 4.78 is 6.16. The molecule has 0 fully saturated rings. The molecule has 0 saturated carbocycles. The molecule has 0 saturated heterocycles. The van der Waals surface area contributed by atoms with E-state index >= 15 is 0 Å². The van der Waals surface area contributed by atoms with Crippen LogP contribution in [0.3, 0.4) is 0 Å². The fourth-order valence-corrected chi connectivity index (χ4v) is 2.49. The predicted molar refractivity (Wildman–Crippen MR) is 72.4 cm³/mol. The number of rotatable bonds is 4. The molecule has 0 spiro atoms. The summed E-state index contributed by atoms with van der Waals surface area (Å²) in [6.07, 6.45) is 3.16. The van der Waals surface area contributed by atoms with Gasteiger partial charge in [-0.3, -0.25) is 0 Å². The third-order valence-corrected chi connectivity index (χ3v) is 3.30. The molecule has 96 valence electrons. The first-order chi connectivity index (χ1) is 7.87. The number of thiazole rings is 1. The third-order valence-electron chi connectivity index (χ3n) is 1.76. The van der Waals surface area contributed by atoms with E-state index in [0.29, 0.717) is 6.54 Å². The van der Waals surface area contributed by atoms with E-state index in [1.807, 2.05) is 20.8 Å². The molecule has 0 atom stereocenters. The first-order valence-electron chi connectivity index (χ1n) is 5.44. The number of hydrogen-bond donors (Lipinski definition) is 1. The molecule has 0 unspecified atom stereocenters. The number of hydrogen-bond acceptors (Lipinski definition) is 4. The first-order valence-corrected chi connectivity index (χ1v) is 7.05. The lowest BCUT2D eigenvalue weighted by Crippen LogP contribution is -2.33. The van der Waals surface area contributed by atoms with Crippen molar-refractivity contribution in [3.63, 3.8) is 0 Å². The Morgan fingerprint density at radius 1 is 1.59 bits per heavy atom. The lowest BCUT2D eigenvalue weighted by Gasteiger charge is -2.19. The van der Waals surface area contributed by atoms with Gasteiger partial charge in [0, 0.05) is 13.0 Å². The smallest absolute Gasteiger partial charge is 0.407 e. The molecule has 1 rings (SSSR count). The summed E-state index contributed by atoms with van der Waals surface area (Å²) in [5.74, 6) is 0. The first kappa shape index (κ1) is 14.4. The van der Waals surface area contributed by atoms with E-state index in [4.69, 9.17) is 4.74 Å². The number of amides is 1. The fraction of sp³-hybridized carbons (Fsp3) is 0.636. The maximum Gasteiger partial charge on any atom is 0.407 e. The van der Waals surface area contributed by atoms with Gasteiger partial charge in [-0.05, 0) is 43.1 Å². The zero-order valence-corrected chi connectivity index (χ0v) is 12.7. The average Bonchev–Trinajstić information content (AvgIpc) is 2.56. The van der Waals surface area contributed by atoms with Crippen molar-refractivity contribution in [2.24, 2.45) is 0 Å². The minimum absolute atomic E-state index is 0.363. The lowest BCUT2D eigenvalue weighted by molar-refractivity contribution is 0.0527. The van der Waals surface area contributed by atoms with Crippen LogP contribution in [0.15, 0.2) is 9.98 Å². The molecule has 0 bridgehead atoms. The van der Waals surface area contributed by atoms with Crippen LogP contribution in [0.5, 0.6) is 0 Å². The van der Waals surface area contributed by atoms with Crippen molar-refractivity contribution in [2.45, 2.75) is 39.2 Å². The summed E-state index contributed by atoms with van der Waals surface area (Å²) in [5.41, 5.74) is -0.440. The van der Waals surface area contributed by atoms with Crippen molar-refractivity contribution in [1.29, 1.82) is 0 Å². The largest absolute Gasteiger partial charge is 0.444 e. The maximum absolute atomic E-state index is 11.3. The van der Waals surface area contributed by atoms with E-state index in [-0.39, 0.29) is 6.09 Å². The van der Waals surface area contributed by atoms with Gasteiger partial charge in [0.1, 0.15) is 5.60 Å². The van der Waals surface area contributed by atoms with Crippen molar-refractivity contribution in [1.82, 2.24) is 10.3 Å². The SMILES string of the molecule is CC(C)(C)OC(=O)NCCCc1ncc(Br)s1. The van der Waals surface area contributed by atoms with Gasteiger partial charge in [0.15, 0.2) is 0 Å². The molecule has 0 aliphatic carbocycles. The molecule has 0 aliphatic heterocycles. The van der Waals surface area contributed by atoms with Crippen LogP contribution in [-0.2, 0) is 11.2 Å². The van der Waals surface area contributed by atoms with Crippen LogP contribution in [0.4, 0.5) is 4.79 Å². The monoisotopic (exact) mass is 320 g/mol. The highest BCUT2D eigenvalue weighted by molar-refractivity contribution is 9.11. The van der Waals surface area contributed by atoms with E-state index in [2.05, 4.69) is 26.2 Å². The number of halogens is 1. The summed E-state index contributed by atoms with van der Waals surface area (Å²) in [6, 6.07) is 0. The molecule has 6 heteroatoms. The molecule has 1 aromatic heterocycles. The summed E-state index contributed by atoms with van der Waals surface area (Å²) in [7, 11) is 0. The molecule has 17 heavy (non-hydrogen) atoms. The number of aryl methyl sites for hydroxylation is 1. The number of alkyl carbamates (subject to hydrolysis) is 1. The number of ether oxygens (including phenoxy) is 1. The summed E-state index contributed by atoms with van der Waals surface area (Å²) in [4.78, 5) is 15.5. The quantitative estimate of drug-likeness (QED) is 0.865. The molecular weight excluding hydrogens is 304 g/mol. The molecule has 0 aromatic carbocycles. The predicted octanol–water partition coefficient (Wildman–Crippen LogP) is 3.36. The van der Waals surface area contributed by atoms with E-state index in [9.17, 15) is 4.79 Å². The van der Waals surface area contributed by atoms with Gasteiger partial charge < -0.3 is 10.1 Å². The van der Waals surface area contributed by atoms with Gasteiger partial charge >= 0.3 is 6.09 Å². The Bertz CT molecular complexity index is 374. The Balaban J connectivity index is 2.14. The number of carbonyl (C=O) groups excluding carboxylic acids is 1. The minimum atomic E-state index is -0.440. The van der Waals surface area contributed by atoms with E-state index in [1.165, 1.54) is 0 Å². The Morgan fingerprint density at radius 2 is 2.29 bits per heavy atom. The van der Waals surface area contributed by atoms with Crippen molar-refractivity contribution in [3.8, 4) is 0 Å². The van der Waals surface area contributed by atoms with Crippen molar-refractivity contribution < 1.29 is 9.53 Å². The van der Waals surface area contributed by atoms with Crippen LogP contribution in [0.25, 0.3) is 0 Å². The van der Waals surface area contributed by atoms with Crippen LogP contribution >= 0.6 is 27.3 Å².